The molecule has 5 N–H and O–H groups in total. The van der Waals surface area contributed by atoms with E-state index < -0.39 is 23.3 Å². The number of primary amides is 1. The van der Waals surface area contributed by atoms with E-state index in [1.165, 1.54) is 0 Å². The Morgan fingerprint density at radius 2 is 2.00 bits per heavy atom. The van der Waals surface area contributed by atoms with Crippen LogP contribution < -0.4 is 11.5 Å². The van der Waals surface area contributed by atoms with Gasteiger partial charge < -0.3 is 16.6 Å². The quantitative estimate of drug-likeness (QED) is 0.508. The summed E-state index contributed by atoms with van der Waals surface area (Å²) < 4.78 is 0. The highest BCUT2D eigenvalue weighted by atomic mass is 16.4. The van der Waals surface area contributed by atoms with Gasteiger partial charge in [-0.2, -0.15) is 0 Å². The second kappa shape index (κ2) is 2.75. The molecule has 1 atom stereocenters. The van der Waals surface area contributed by atoms with Crippen molar-refractivity contribution < 1.29 is 14.7 Å². The van der Waals surface area contributed by atoms with E-state index in [4.69, 9.17) is 16.6 Å². The number of nitrogens with two attached hydrogens (primary N) is 2. The van der Waals surface area contributed by atoms with Crippen molar-refractivity contribution >= 4 is 11.9 Å². The Hall–Kier alpha value is -1.10. The number of hydrogen-bond acceptors (Lipinski definition) is 3. The van der Waals surface area contributed by atoms with E-state index >= 15 is 0 Å². The second-order valence-electron chi connectivity index (χ2n) is 3.29. The van der Waals surface area contributed by atoms with Crippen LogP contribution in [0.2, 0.25) is 0 Å². The van der Waals surface area contributed by atoms with Crippen molar-refractivity contribution in [3.63, 3.8) is 0 Å². The van der Waals surface area contributed by atoms with E-state index in [-0.39, 0.29) is 6.42 Å². The summed E-state index contributed by atoms with van der Waals surface area (Å²) in [7, 11) is 0. The van der Waals surface area contributed by atoms with Crippen molar-refractivity contribution in [3.05, 3.63) is 0 Å². The first-order valence-corrected chi connectivity index (χ1v) is 3.76. The predicted octanol–water partition coefficient (Wildman–Crippen LogP) is -0.946. The van der Waals surface area contributed by atoms with E-state index in [0.717, 1.165) is 0 Å². The van der Waals surface area contributed by atoms with Gasteiger partial charge in [-0.25, -0.2) is 0 Å². The molecule has 5 nitrogen and oxygen atoms in total. The maximum Gasteiger partial charge on any atom is 0.320 e. The number of carboxylic acids is 1. The Morgan fingerprint density at radius 1 is 1.50 bits per heavy atom. The van der Waals surface area contributed by atoms with Gasteiger partial charge in [-0.15, -0.1) is 0 Å². The third kappa shape index (κ3) is 1.55. The molecule has 1 aliphatic carbocycles. The molecule has 0 bridgehead atoms. The molecule has 1 rings (SSSR count). The van der Waals surface area contributed by atoms with Crippen LogP contribution >= 0.6 is 0 Å². The van der Waals surface area contributed by atoms with Crippen molar-refractivity contribution in [2.75, 3.05) is 0 Å². The number of carboxylic acid groups (broad SMARTS) is 1. The molecule has 0 aromatic heterocycles. The number of hydrogen-bond donors (Lipinski definition) is 3. The molecule has 0 heterocycles. The zero-order valence-corrected chi connectivity index (χ0v) is 6.62. The topological polar surface area (TPSA) is 106 Å². The average molecular weight is 172 g/mol. The van der Waals surface area contributed by atoms with Crippen LogP contribution in [0.25, 0.3) is 0 Å². The van der Waals surface area contributed by atoms with E-state index in [2.05, 4.69) is 0 Å². The molecule has 12 heavy (non-hydrogen) atoms. The smallest absolute Gasteiger partial charge is 0.320 e. The number of rotatable bonds is 4. The lowest BCUT2D eigenvalue weighted by Crippen LogP contribution is -2.37. The van der Waals surface area contributed by atoms with Crippen LogP contribution in [0, 0.1) is 5.41 Å². The van der Waals surface area contributed by atoms with Crippen LogP contribution in [0.15, 0.2) is 0 Å². The third-order valence-corrected chi connectivity index (χ3v) is 2.30. The lowest BCUT2D eigenvalue weighted by Gasteiger charge is -2.12. The van der Waals surface area contributed by atoms with Gasteiger partial charge >= 0.3 is 5.97 Å². The molecule has 1 saturated carbocycles. The van der Waals surface area contributed by atoms with Crippen LogP contribution in [0.5, 0.6) is 0 Å². The zero-order chi connectivity index (χ0) is 9.35. The first kappa shape index (κ1) is 8.99. The molecule has 1 unspecified atom stereocenters. The van der Waals surface area contributed by atoms with Gasteiger partial charge in [-0.05, 0) is 19.3 Å². The summed E-state index contributed by atoms with van der Waals surface area (Å²) in [6, 6.07) is -0.972. The van der Waals surface area contributed by atoms with E-state index in [1.54, 1.807) is 0 Å². The highest BCUT2D eigenvalue weighted by molar-refractivity contribution is 5.85. The largest absolute Gasteiger partial charge is 0.480 e. The lowest BCUT2D eigenvalue weighted by molar-refractivity contribution is -0.139. The molecule has 0 aromatic carbocycles. The maximum atomic E-state index is 10.8. The standard InChI is InChI=1S/C7H12N2O3/c8-4(5(10)11)3-7(1-2-7)6(9)12/h4H,1-3,8H2,(H2,9,12)(H,10,11). The van der Waals surface area contributed by atoms with Gasteiger partial charge in [-0.3, -0.25) is 9.59 Å². The van der Waals surface area contributed by atoms with E-state index in [1.807, 2.05) is 0 Å². The molecular weight excluding hydrogens is 160 g/mol. The zero-order valence-electron chi connectivity index (χ0n) is 6.62. The number of carbonyl (C=O) groups is 2. The van der Waals surface area contributed by atoms with Crippen LogP contribution in [-0.2, 0) is 9.59 Å². The normalized spacial score (nSPS) is 21.4. The summed E-state index contributed by atoms with van der Waals surface area (Å²) in [4.78, 5) is 21.2. The molecule has 68 valence electrons. The van der Waals surface area contributed by atoms with Gasteiger partial charge in [-0.1, -0.05) is 0 Å². The minimum absolute atomic E-state index is 0.164. The van der Waals surface area contributed by atoms with Gasteiger partial charge in [0.15, 0.2) is 0 Å². The number of carbonyl (C=O) groups excluding carboxylic acids is 1. The van der Waals surface area contributed by atoms with E-state index in [9.17, 15) is 9.59 Å². The Balaban J connectivity index is 2.51. The summed E-state index contributed by atoms with van der Waals surface area (Å²) in [5, 5.41) is 8.48. The molecule has 0 aromatic rings. The van der Waals surface area contributed by atoms with Crippen molar-refractivity contribution in [3.8, 4) is 0 Å². The highest BCUT2D eigenvalue weighted by Gasteiger charge is 2.50. The lowest BCUT2D eigenvalue weighted by atomic mass is 9.97. The molecule has 0 radical (unpaired) electrons. The van der Waals surface area contributed by atoms with Crippen LogP contribution in [-0.4, -0.2) is 23.0 Å². The molecular formula is C7H12N2O3. The number of amides is 1. The van der Waals surface area contributed by atoms with Gasteiger partial charge in [0.2, 0.25) is 5.91 Å². The van der Waals surface area contributed by atoms with Crippen LogP contribution in [0.3, 0.4) is 0 Å². The molecule has 1 fully saturated rings. The van der Waals surface area contributed by atoms with Gasteiger partial charge in [0.1, 0.15) is 6.04 Å². The maximum absolute atomic E-state index is 10.8. The second-order valence-corrected chi connectivity index (χ2v) is 3.29. The number of aliphatic carboxylic acids is 1. The molecule has 1 amide bonds. The molecule has 1 aliphatic rings. The third-order valence-electron chi connectivity index (χ3n) is 2.30. The molecule has 0 saturated heterocycles. The summed E-state index contributed by atoms with van der Waals surface area (Å²) in [5.74, 6) is -1.51. The van der Waals surface area contributed by atoms with Gasteiger partial charge in [0, 0.05) is 0 Å². The SMILES string of the molecule is NC(=O)C1(CC(N)C(=O)O)CC1. The fourth-order valence-electron chi connectivity index (χ4n) is 1.21. The first-order chi connectivity index (χ1) is 5.48. The first-order valence-electron chi connectivity index (χ1n) is 3.76. The summed E-state index contributed by atoms with van der Waals surface area (Å²) in [6.45, 7) is 0. The van der Waals surface area contributed by atoms with Crippen molar-refractivity contribution in [2.45, 2.75) is 25.3 Å². The Morgan fingerprint density at radius 3 is 2.25 bits per heavy atom. The van der Waals surface area contributed by atoms with Crippen LogP contribution in [0.4, 0.5) is 0 Å². The molecule has 0 spiro atoms. The van der Waals surface area contributed by atoms with E-state index in [0.29, 0.717) is 12.8 Å². The Bertz CT molecular complexity index is 223. The Kier molecular flexibility index (Phi) is 2.06. The highest BCUT2D eigenvalue weighted by Crippen LogP contribution is 2.48. The minimum Gasteiger partial charge on any atom is -0.480 e. The fraction of sp³-hybridized carbons (Fsp3) is 0.714. The minimum atomic E-state index is -1.08. The predicted molar refractivity (Wildman–Crippen MR) is 41.1 cm³/mol. The average Bonchev–Trinajstić information content (AvgIpc) is 2.68. The van der Waals surface area contributed by atoms with Crippen molar-refractivity contribution in [1.82, 2.24) is 0 Å². The van der Waals surface area contributed by atoms with Crippen LogP contribution in [0.1, 0.15) is 19.3 Å². The van der Waals surface area contributed by atoms with Gasteiger partial charge in [0.25, 0.3) is 0 Å². The molecule has 5 heteroatoms. The summed E-state index contributed by atoms with van der Waals surface area (Å²) in [6.07, 6.45) is 1.50. The van der Waals surface area contributed by atoms with Gasteiger partial charge in [0.05, 0.1) is 5.41 Å². The monoisotopic (exact) mass is 172 g/mol. The van der Waals surface area contributed by atoms with Crippen molar-refractivity contribution in [1.29, 1.82) is 0 Å². The molecule has 0 aliphatic heterocycles. The Labute approximate surface area is 69.7 Å². The van der Waals surface area contributed by atoms with Crippen molar-refractivity contribution in [2.24, 2.45) is 16.9 Å². The fourth-order valence-corrected chi connectivity index (χ4v) is 1.21. The summed E-state index contributed by atoms with van der Waals surface area (Å²) in [5.41, 5.74) is 9.75. The summed E-state index contributed by atoms with van der Waals surface area (Å²) >= 11 is 0.